The summed E-state index contributed by atoms with van der Waals surface area (Å²) in [6.07, 6.45) is 0.0131. The molecule has 2 atom stereocenters. The fourth-order valence-corrected chi connectivity index (χ4v) is 3.11. The fourth-order valence-electron chi connectivity index (χ4n) is 3.11. The zero-order valence-corrected chi connectivity index (χ0v) is 13.8. The predicted octanol–water partition coefficient (Wildman–Crippen LogP) is 1.92. The summed E-state index contributed by atoms with van der Waals surface area (Å²) in [4.78, 5) is 35.9. The van der Waals surface area contributed by atoms with E-state index in [-0.39, 0.29) is 30.3 Å². The number of carboxylic acid groups (broad SMARTS) is 1. The van der Waals surface area contributed by atoms with Crippen LogP contribution in [0.4, 0.5) is 5.69 Å². The summed E-state index contributed by atoms with van der Waals surface area (Å²) < 4.78 is 5.26. The van der Waals surface area contributed by atoms with Gasteiger partial charge < -0.3 is 14.7 Å². The molecule has 1 aromatic carbocycles. The number of aliphatic carboxylic acids is 1. The molecule has 1 saturated heterocycles. The van der Waals surface area contributed by atoms with E-state index in [9.17, 15) is 19.7 Å². The highest BCUT2D eigenvalue weighted by molar-refractivity contribution is 5.97. The van der Waals surface area contributed by atoms with Gasteiger partial charge in [0.2, 0.25) is 0 Å². The number of nitrogens with zero attached hydrogens (tertiary/aromatic N) is 2. The van der Waals surface area contributed by atoms with Crippen molar-refractivity contribution in [1.82, 2.24) is 4.90 Å². The highest BCUT2D eigenvalue weighted by atomic mass is 16.6. The van der Waals surface area contributed by atoms with E-state index in [0.29, 0.717) is 17.5 Å². The van der Waals surface area contributed by atoms with Crippen LogP contribution in [0.3, 0.4) is 0 Å². The first-order valence-corrected chi connectivity index (χ1v) is 7.55. The van der Waals surface area contributed by atoms with Gasteiger partial charge in [-0.2, -0.15) is 0 Å². The third-order valence-corrected chi connectivity index (χ3v) is 4.35. The molecule has 0 radical (unpaired) electrons. The second kappa shape index (κ2) is 6.96. The number of carbonyl (C=O) groups is 2. The molecule has 1 aliphatic rings. The van der Waals surface area contributed by atoms with Crippen molar-refractivity contribution in [3.63, 3.8) is 0 Å². The second-order valence-electron chi connectivity index (χ2n) is 6.01. The van der Waals surface area contributed by atoms with Gasteiger partial charge in [0.05, 0.1) is 17.4 Å². The second-order valence-corrected chi connectivity index (χ2v) is 6.01. The number of methoxy groups -OCH3 is 1. The normalized spacial score (nSPS) is 20.2. The molecule has 1 amide bonds. The highest BCUT2D eigenvalue weighted by Crippen LogP contribution is 2.28. The lowest BCUT2D eigenvalue weighted by molar-refractivity contribution is -0.385. The number of carbonyl (C=O) groups excluding carboxylic acids is 1. The topological polar surface area (TPSA) is 110 Å². The molecule has 8 heteroatoms. The summed E-state index contributed by atoms with van der Waals surface area (Å²) in [5.74, 6) is -1.40. The number of hydrogen-bond donors (Lipinski definition) is 1. The lowest BCUT2D eigenvalue weighted by Gasteiger charge is -2.24. The van der Waals surface area contributed by atoms with Crippen LogP contribution in [0.1, 0.15) is 34.3 Å². The molecule has 130 valence electrons. The third-order valence-electron chi connectivity index (χ3n) is 4.35. The number of benzene rings is 1. The lowest BCUT2D eigenvalue weighted by Crippen LogP contribution is -2.37. The van der Waals surface area contributed by atoms with Gasteiger partial charge >= 0.3 is 5.97 Å². The van der Waals surface area contributed by atoms with E-state index in [2.05, 4.69) is 0 Å². The molecule has 8 nitrogen and oxygen atoms in total. The first kappa shape index (κ1) is 17.9. The molecular weight excluding hydrogens is 316 g/mol. The minimum Gasteiger partial charge on any atom is -0.481 e. The number of nitro benzene ring substituents is 1. The van der Waals surface area contributed by atoms with Crippen LogP contribution in [0.2, 0.25) is 0 Å². The molecule has 0 bridgehead atoms. The number of rotatable bonds is 5. The van der Waals surface area contributed by atoms with Gasteiger partial charge in [0, 0.05) is 36.9 Å². The lowest BCUT2D eigenvalue weighted by atomic mass is 10.0. The van der Waals surface area contributed by atoms with Crippen molar-refractivity contribution < 1.29 is 24.4 Å². The number of likely N-dealkylation sites (tertiary alicyclic amines) is 1. The van der Waals surface area contributed by atoms with Crippen LogP contribution in [0, 0.1) is 24.0 Å². The van der Waals surface area contributed by atoms with Crippen LogP contribution in [-0.2, 0) is 9.53 Å². The molecule has 2 rings (SSSR count). The minimum atomic E-state index is -0.999. The van der Waals surface area contributed by atoms with Crippen LogP contribution >= 0.6 is 0 Å². The average Bonchev–Trinajstić information content (AvgIpc) is 2.88. The zero-order chi connectivity index (χ0) is 18.0. The van der Waals surface area contributed by atoms with Gasteiger partial charge in [-0.05, 0) is 31.9 Å². The smallest absolute Gasteiger partial charge is 0.305 e. The van der Waals surface area contributed by atoms with E-state index in [1.54, 1.807) is 19.9 Å². The molecule has 1 aromatic rings. The van der Waals surface area contributed by atoms with Gasteiger partial charge in [-0.3, -0.25) is 19.7 Å². The molecule has 1 heterocycles. The van der Waals surface area contributed by atoms with Crippen molar-refractivity contribution >= 4 is 17.6 Å². The first-order valence-electron chi connectivity index (χ1n) is 7.55. The maximum atomic E-state index is 12.9. The number of carboxylic acids is 1. The van der Waals surface area contributed by atoms with E-state index in [0.717, 1.165) is 0 Å². The van der Waals surface area contributed by atoms with Crippen molar-refractivity contribution in [2.75, 3.05) is 13.7 Å². The van der Waals surface area contributed by atoms with Crippen LogP contribution in [-0.4, -0.2) is 52.6 Å². The number of aryl methyl sites for hydroxylation is 2. The Kier molecular flexibility index (Phi) is 5.18. The van der Waals surface area contributed by atoms with Gasteiger partial charge in [0.1, 0.15) is 0 Å². The van der Waals surface area contributed by atoms with E-state index < -0.39 is 22.8 Å². The van der Waals surface area contributed by atoms with Crippen LogP contribution in [0.15, 0.2) is 12.1 Å². The van der Waals surface area contributed by atoms with Crippen molar-refractivity contribution in [2.24, 2.45) is 0 Å². The van der Waals surface area contributed by atoms with Crippen molar-refractivity contribution in [3.05, 3.63) is 38.9 Å². The van der Waals surface area contributed by atoms with Crippen LogP contribution in [0.25, 0.3) is 0 Å². The van der Waals surface area contributed by atoms with Crippen LogP contribution in [0.5, 0.6) is 0 Å². The van der Waals surface area contributed by atoms with Gasteiger partial charge in [-0.25, -0.2) is 0 Å². The number of ether oxygens (including phenoxy) is 1. The Morgan fingerprint density at radius 3 is 2.58 bits per heavy atom. The summed E-state index contributed by atoms with van der Waals surface area (Å²) in [5.41, 5.74) is 1.20. The molecule has 0 saturated carbocycles. The zero-order valence-electron chi connectivity index (χ0n) is 13.8. The summed E-state index contributed by atoms with van der Waals surface area (Å²) in [6, 6.07) is 2.38. The number of amides is 1. The van der Waals surface area contributed by atoms with Gasteiger partial charge in [-0.15, -0.1) is 0 Å². The van der Waals surface area contributed by atoms with E-state index >= 15 is 0 Å². The Bertz CT molecular complexity index is 687. The van der Waals surface area contributed by atoms with Crippen LogP contribution < -0.4 is 0 Å². The molecule has 2 unspecified atom stereocenters. The molecule has 0 aromatic heterocycles. The molecule has 0 spiro atoms. The molecular formula is C16H20N2O6. The fraction of sp³-hybridized carbons (Fsp3) is 0.500. The van der Waals surface area contributed by atoms with Crippen molar-refractivity contribution in [1.29, 1.82) is 0 Å². The predicted molar refractivity (Wildman–Crippen MR) is 85.1 cm³/mol. The molecule has 24 heavy (non-hydrogen) atoms. The molecule has 1 aliphatic heterocycles. The maximum Gasteiger partial charge on any atom is 0.305 e. The molecule has 0 aliphatic carbocycles. The van der Waals surface area contributed by atoms with E-state index in [1.165, 1.54) is 18.1 Å². The Balaban J connectivity index is 2.37. The summed E-state index contributed by atoms with van der Waals surface area (Å²) in [6.45, 7) is 3.60. The Labute approximate surface area is 139 Å². The Morgan fingerprint density at radius 1 is 1.38 bits per heavy atom. The summed E-state index contributed by atoms with van der Waals surface area (Å²) in [5, 5.41) is 20.2. The minimum absolute atomic E-state index is 0.124. The van der Waals surface area contributed by atoms with Gasteiger partial charge in [0.25, 0.3) is 11.6 Å². The standard InChI is InChI=1S/C16H20N2O6/c1-9-4-10(2)14(18(22)23)7-13(9)16(21)17-8-12(24-3)5-11(17)6-15(19)20/h4,7,11-12H,5-6,8H2,1-3H3,(H,19,20). The Morgan fingerprint density at radius 2 is 2.04 bits per heavy atom. The van der Waals surface area contributed by atoms with E-state index in [1.807, 2.05) is 0 Å². The van der Waals surface area contributed by atoms with Gasteiger partial charge in [-0.1, -0.05) is 0 Å². The summed E-state index contributed by atoms with van der Waals surface area (Å²) >= 11 is 0. The SMILES string of the molecule is COC1CC(CC(=O)O)N(C(=O)c2cc([N+](=O)[O-])c(C)cc2C)C1. The Hall–Kier alpha value is -2.48. The highest BCUT2D eigenvalue weighted by Gasteiger charge is 2.37. The first-order chi connectivity index (χ1) is 11.2. The maximum absolute atomic E-state index is 12.9. The largest absolute Gasteiger partial charge is 0.481 e. The molecule has 1 N–H and O–H groups in total. The molecule has 1 fully saturated rings. The monoisotopic (exact) mass is 336 g/mol. The number of nitro groups is 1. The summed E-state index contributed by atoms with van der Waals surface area (Å²) in [7, 11) is 1.51. The number of hydrogen-bond acceptors (Lipinski definition) is 5. The third kappa shape index (κ3) is 3.53. The van der Waals surface area contributed by atoms with Crippen molar-refractivity contribution in [2.45, 2.75) is 38.8 Å². The van der Waals surface area contributed by atoms with Crippen molar-refractivity contribution in [3.8, 4) is 0 Å². The van der Waals surface area contributed by atoms with E-state index in [4.69, 9.17) is 9.84 Å². The quantitative estimate of drug-likeness (QED) is 0.650. The average molecular weight is 336 g/mol. The van der Waals surface area contributed by atoms with Gasteiger partial charge in [0.15, 0.2) is 0 Å².